The lowest BCUT2D eigenvalue weighted by molar-refractivity contribution is -0.150. The molecule has 0 aromatic heterocycles. The fourth-order valence-corrected chi connectivity index (χ4v) is 2.93. The SMILES string of the molecule is COc1ccccc1NC(=O)[C@@H](C)OC(=O)CSc1ccccc1C. The summed E-state index contributed by atoms with van der Waals surface area (Å²) in [6.07, 6.45) is -0.894. The van der Waals surface area contributed by atoms with Crippen LogP contribution in [0.25, 0.3) is 0 Å². The molecule has 0 unspecified atom stereocenters. The second-order valence-corrected chi connectivity index (χ2v) is 6.39. The van der Waals surface area contributed by atoms with Gasteiger partial charge < -0.3 is 14.8 Å². The van der Waals surface area contributed by atoms with E-state index in [9.17, 15) is 9.59 Å². The summed E-state index contributed by atoms with van der Waals surface area (Å²) >= 11 is 1.39. The Labute approximate surface area is 151 Å². The summed E-state index contributed by atoms with van der Waals surface area (Å²) in [6, 6.07) is 14.9. The van der Waals surface area contributed by atoms with E-state index in [4.69, 9.17) is 9.47 Å². The Morgan fingerprint density at radius 1 is 1.12 bits per heavy atom. The maximum atomic E-state index is 12.2. The molecular formula is C19H21NO4S. The Bertz CT molecular complexity index is 748. The van der Waals surface area contributed by atoms with E-state index in [0.717, 1.165) is 10.5 Å². The summed E-state index contributed by atoms with van der Waals surface area (Å²) < 4.78 is 10.4. The zero-order valence-electron chi connectivity index (χ0n) is 14.4. The maximum absolute atomic E-state index is 12.2. The molecule has 1 amide bonds. The molecule has 1 atom stereocenters. The van der Waals surface area contributed by atoms with Crippen LogP contribution >= 0.6 is 11.8 Å². The number of ether oxygens (including phenoxy) is 2. The molecule has 0 heterocycles. The van der Waals surface area contributed by atoms with Crippen molar-refractivity contribution in [3.63, 3.8) is 0 Å². The van der Waals surface area contributed by atoms with Crippen molar-refractivity contribution in [2.45, 2.75) is 24.8 Å². The second-order valence-electron chi connectivity index (χ2n) is 5.38. The van der Waals surface area contributed by atoms with Gasteiger partial charge in [-0.1, -0.05) is 30.3 Å². The molecule has 5 nitrogen and oxygen atoms in total. The third-order valence-electron chi connectivity index (χ3n) is 3.48. The number of hydrogen-bond donors (Lipinski definition) is 1. The largest absolute Gasteiger partial charge is 0.495 e. The van der Waals surface area contributed by atoms with E-state index in [0.29, 0.717) is 11.4 Å². The van der Waals surface area contributed by atoms with Gasteiger partial charge in [0.1, 0.15) is 5.75 Å². The Balaban J connectivity index is 1.86. The molecule has 0 bridgehead atoms. The topological polar surface area (TPSA) is 64.6 Å². The normalized spacial score (nSPS) is 11.5. The molecule has 0 radical (unpaired) electrons. The number of methoxy groups -OCH3 is 1. The van der Waals surface area contributed by atoms with Crippen LogP contribution in [0.1, 0.15) is 12.5 Å². The van der Waals surface area contributed by atoms with Crippen molar-refractivity contribution in [3.8, 4) is 5.75 Å². The summed E-state index contributed by atoms with van der Waals surface area (Å²) in [4.78, 5) is 25.2. The monoisotopic (exact) mass is 359 g/mol. The van der Waals surface area contributed by atoms with Crippen LogP contribution in [0, 0.1) is 6.92 Å². The average molecular weight is 359 g/mol. The van der Waals surface area contributed by atoms with Gasteiger partial charge in [0.2, 0.25) is 0 Å². The first kappa shape index (κ1) is 18.9. The highest BCUT2D eigenvalue weighted by Crippen LogP contribution is 2.24. The minimum absolute atomic E-state index is 0.150. The van der Waals surface area contributed by atoms with E-state index in [2.05, 4.69) is 5.32 Å². The minimum atomic E-state index is -0.894. The highest BCUT2D eigenvalue weighted by atomic mass is 32.2. The fourth-order valence-electron chi connectivity index (χ4n) is 2.12. The van der Waals surface area contributed by atoms with E-state index in [1.807, 2.05) is 31.2 Å². The molecule has 0 saturated carbocycles. The highest BCUT2D eigenvalue weighted by Gasteiger charge is 2.19. The van der Waals surface area contributed by atoms with Crippen LogP contribution in [0.4, 0.5) is 5.69 Å². The molecule has 0 aliphatic rings. The van der Waals surface area contributed by atoms with Crippen LogP contribution in [0.5, 0.6) is 5.75 Å². The number of carbonyl (C=O) groups excluding carboxylic acids is 2. The lowest BCUT2D eigenvalue weighted by Crippen LogP contribution is -2.30. The van der Waals surface area contributed by atoms with Crippen LogP contribution in [-0.4, -0.2) is 30.8 Å². The minimum Gasteiger partial charge on any atom is -0.495 e. The van der Waals surface area contributed by atoms with Crippen LogP contribution < -0.4 is 10.1 Å². The number of rotatable bonds is 7. The van der Waals surface area contributed by atoms with Gasteiger partial charge in [0.05, 0.1) is 18.6 Å². The predicted molar refractivity (Wildman–Crippen MR) is 99.1 cm³/mol. The fraction of sp³-hybridized carbons (Fsp3) is 0.263. The molecule has 25 heavy (non-hydrogen) atoms. The Morgan fingerprint density at radius 3 is 2.52 bits per heavy atom. The number of amides is 1. The molecule has 2 aromatic rings. The van der Waals surface area contributed by atoms with Crippen molar-refractivity contribution < 1.29 is 19.1 Å². The van der Waals surface area contributed by atoms with E-state index < -0.39 is 18.0 Å². The summed E-state index contributed by atoms with van der Waals surface area (Å²) in [7, 11) is 1.53. The van der Waals surface area contributed by atoms with Gasteiger partial charge in [0.25, 0.3) is 5.91 Å². The number of anilines is 1. The smallest absolute Gasteiger partial charge is 0.317 e. The Morgan fingerprint density at radius 2 is 1.80 bits per heavy atom. The Kier molecular flexibility index (Phi) is 6.89. The zero-order chi connectivity index (χ0) is 18.2. The molecule has 0 fully saturated rings. The third kappa shape index (κ3) is 5.53. The molecule has 2 aromatic carbocycles. The van der Waals surface area contributed by atoms with E-state index in [-0.39, 0.29) is 5.75 Å². The first-order valence-electron chi connectivity index (χ1n) is 7.83. The van der Waals surface area contributed by atoms with Gasteiger partial charge in [0, 0.05) is 4.90 Å². The summed E-state index contributed by atoms with van der Waals surface area (Å²) in [5, 5.41) is 2.70. The number of carbonyl (C=O) groups is 2. The van der Waals surface area contributed by atoms with Crippen LogP contribution in [-0.2, 0) is 14.3 Å². The average Bonchev–Trinajstić information content (AvgIpc) is 2.61. The molecule has 0 saturated heterocycles. The second kappa shape index (κ2) is 9.13. The zero-order valence-corrected chi connectivity index (χ0v) is 15.3. The maximum Gasteiger partial charge on any atom is 0.317 e. The molecule has 6 heteroatoms. The standard InChI is InChI=1S/C19H21NO4S/c1-13-8-4-7-11-17(13)25-12-18(21)24-14(2)19(22)20-15-9-5-6-10-16(15)23-3/h4-11,14H,12H2,1-3H3,(H,20,22)/t14-/m1/s1. The number of aryl methyl sites for hydroxylation is 1. The van der Waals surface area contributed by atoms with Crippen molar-refractivity contribution in [1.29, 1.82) is 0 Å². The van der Waals surface area contributed by atoms with Gasteiger partial charge in [-0.25, -0.2) is 0 Å². The van der Waals surface area contributed by atoms with Crippen molar-refractivity contribution >= 4 is 29.3 Å². The number of nitrogens with one attached hydrogen (secondary N) is 1. The number of thioether (sulfide) groups is 1. The number of esters is 1. The molecule has 0 aliphatic carbocycles. The molecule has 132 valence electrons. The van der Waals surface area contributed by atoms with E-state index in [1.54, 1.807) is 31.2 Å². The third-order valence-corrected chi connectivity index (χ3v) is 4.63. The van der Waals surface area contributed by atoms with Gasteiger partial charge in [-0.3, -0.25) is 9.59 Å². The first-order valence-corrected chi connectivity index (χ1v) is 8.81. The lowest BCUT2D eigenvalue weighted by Gasteiger charge is -2.15. The lowest BCUT2D eigenvalue weighted by atomic mass is 10.2. The van der Waals surface area contributed by atoms with Gasteiger partial charge >= 0.3 is 5.97 Å². The quantitative estimate of drug-likeness (QED) is 0.604. The van der Waals surface area contributed by atoms with E-state index in [1.165, 1.54) is 18.9 Å². The van der Waals surface area contributed by atoms with Crippen molar-refractivity contribution in [3.05, 3.63) is 54.1 Å². The van der Waals surface area contributed by atoms with E-state index >= 15 is 0 Å². The van der Waals surface area contributed by atoms with Crippen molar-refractivity contribution in [2.75, 3.05) is 18.2 Å². The van der Waals surface area contributed by atoms with Crippen LogP contribution in [0.2, 0.25) is 0 Å². The first-order chi connectivity index (χ1) is 12.0. The summed E-state index contributed by atoms with van der Waals surface area (Å²) in [5.41, 5.74) is 1.63. The molecule has 0 spiro atoms. The van der Waals surface area contributed by atoms with Crippen molar-refractivity contribution in [1.82, 2.24) is 0 Å². The molecule has 0 aliphatic heterocycles. The summed E-state index contributed by atoms with van der Waals surface area (Å²) in [5.74, 6) is -0.143. The highest BCUT2D eigenvalue weighted by molar-refractivity contribution is 8.00. The van der Waals surface area contributed by atoms with Gasteiger partial charge in [-0.2, -0.15) is 0 Å². The van der Waals surface area contributed by atoms with Crippen LogP contribution in [0.3, 0.4) is 0 Å². The van der Waals surface area contributed by atoms with Crippen molar-refractivity contribution in [2.24, 2.45) is 0 Å². The molecule has 2 rings (SSSR count). The molecular weight excluding hydrogens is 338 g/mol. The van der Waals surface area contributed by atoms with Gasteiger partial charge in [0.15, 0.2) is 6.10 Å². The predicted octanol–water partition coefficient (Wildman–Crippen LogP) is 3.67. The Hall–Kier alpha value is -2.47. The van der Waals surface area contributed by atoms with Gasteiger partial charge in [-0.05, 0) is 37.6 Å². The van der Waals surface area contributed by atoms with Crippen LogP contribution in [0.15, 0.2) is 53.4 Å². The molecule has 1 N–H and O–H groups in total. The summed E-state index contributed by atoms with van der Waals surface area (Å²) in [6.45, 7) is 3.53. The van der Waals surface area contributed by atoms with Gasteiger partial charge in [-0.15, -0.1) is 11.8 Å². The number of para-hydroxylation sites is 2. The number of hydrogen-bond acceptors (Lipinski definition) is 5. The number of benzene rings is 2.